The second-order valence-electron chi connectivity index (χ2n) is 4.29. The lowest BCUT2D eigenvalue weighted by Crippen LogP contribution is -2.37. The van der Waals surface area contributed by atoms with Gasteiger partial charge in [-0.25, -0.2) is 0 Å². The van der Waals surface area contributed by atoms with Crippen LogP contribution in [0.3, 0.4) is 0 Å². The summed E-state index contributed by atoms with van der Waals surface area (Å²) in [6, 6.07) is 1.63. The van der Waals surface area contributed by atoms with Crippen LogP contribution in [0, 0.1) is 12.8 Å². The van der Waals surface area contributed by atoms with Crippen LogP contribution in [-0.4, -0.2) is 28.7 Å². The molecule has 18 heavy (non-hydrogen) atoms. The molecular weight excluding hydrogens is 236 g/mol. The Balaban J connectivity index is 2.88. The summed E-state index contributed by atoms with van der Waals surface area (Å²) < 4.78 is 4.92. The number of carboxylic acid groups (broad SMARTS) is 1. The molecule has 0 fully saturated rings. The standard InChI is InChI=1S/C12H18N2O4/c1-4-5-11(15)14(7-8(2)12(16)17)10-6-9(3)18-13-10/h6,8H,4-5,7H2,1-3H3,(H,16,17). The fourth-order valence-electron chi connectivity index (χ4n) is 1.50. The van der Waals surface area contributed by atoms with Crippen molar-refractivity contribution in [3.63, 3.8) is 0 Å². The minimum atomic E-state index is -0.940. The Bertz CT molecular complexity index is 427. The number of nitrogens with zero attached hydrogens (tertiary/aromatic N) is 2. The van der Waals surface area contributed by atoms with Crippen molar-refractivity contribution in [2.75, 3.05) is 11.4 Å². The molecule has 0 aliphatic rings. The minimum Gasteiger partial charge on any atom is -0.481 e. The van der Waals surface area contributed by atoms with E-state index in [0.29, 0.717) is 24.4 Å². The zero-order chi connectivity index (χ0) is 13.7. The SMILES string of the molecule is CCCC(=O)N(CC(C)C(=O)O)c1cc(C)on1. The number of carbonyl (C=O) groups excluding carboxylic acids is 1. The number of aryl methyl sites for hydroxylation is 1. The highest BCUT2D eigenvalue weighted by Crippen LogP contribution is 2.17. The molecule has 1 heterocycles. The summed E-state index contributed by atoms with van der Waals surface area (Å²) in [6.07, 6.45) is 1.06. The molecular formula is C12H18N2O4. The van der Waals surface area contributed by atoms with E-state index in [2.05, 4.69) is 5.16 Å². The monoisotopic (exact) mass is 254 g/mol. The van der Waals surface area contributed by atoms with E-state index in [4.69, 9.17) is 9.63 Å². The zero-order valence-corrected chi connectivity index (χ0v) is 10.8. The molecule has 0 saturated heterocycles. The molecule has 0 aliphatic carbocycles. The van der Waals surface area contributed by atoms with Crippen molar-refractivity contribution >= 4 is 17.7 Å². The van der Waals surface area contributed by atoms with Gasteiger partial charge in [0.05, 0.1) is 5.92 Å². The number of carboxylic acids is 1. The predicted molar refractivity (Wildman–Crippen MR) is 65.3 cm³/mol. The topological polar surface area (TPSA) is 83.6 Å². The lowest BCUT2D eigenvalue weighted by atomic mass is 10.1. The molecule has 1 aromatic heterocycles. The average Bonchev–Trinajstić information content (AvgIpc) is 2.72. The molecule has 1 N–H and O–H groups in total. The smallest absolute Gasteiger partial charge is 0.308 e. The van der Waals surface area contributed by atoms with Gasteiger partial charge in [0.2, 0.25) is 5.91 Å². The van der Waals surface area contributed by atoms with E-state index in [9.17, 15) is 9.59 Å². The van der Waals surface area contributed by atoms with Gasteiger partial charge in [-0.1, -0.05) is 19.0 Å². The highest BCUT2D eigenvalue weighted by molar-refractivity contribution is 5.93. The summed E-state index contributed by atoms with van der Waals surface area (Å²) in [4.78, 5) is 24.2. The third-order valence-corrected chi connectivity index (χ3v) is 2.54. The zero-order valence-electron chi connectivity index (χ0n) is 10.8. The summed E-state index contributed by atoms with van der Waals surface area (Å²) in [5.74, 6) is -0.771. The molecule has 0 aromatic carbocycles. The van der Waals surface area contributed by atoms with Gasteiger partial charge in [-0.3, -0.25) is 14.5 Å². The van der Waals surface area contributed by atoms with Crippen LogP contribution in [0.4, 0.5) is 5.82 Å². The molecule has 0 bridgehead atoms. The first-order valence-electron chi connectivity index (χ1n) is 5.92. The Morgan fingerprint density at radius 1 is 1.56 bits per heavy atom. The van der Waals surface area contributed by atoms with Gasteiger partial charge in [0.1, 0.15) is 5.76 Å². The van der Waals surface area contributed by atoms with Gasteiger partial charge in [-0.2, -0.15) is 0 Å². The number of carbonyl (C=O) groups is 2. The maximum absolute atomic E-state index is 12.0. The van der Waals surface area contributed by atoms with Crippen molar-refractivity contribution in [2.24, 2.45) is 5.92 Å². The van der Waals surface area contributed by atoms with E-state index in [-0.39, 0.29) is 12.5 Å². The van der Waals surface area contributed by atoms with E-state index in [1.165, 1.54) is 4.90 Å². The molecule has 1 atom stereocenters. The summed E-state index contributed by atoms with van der Waals surface area (Å²) >= 11 is 0. The van der Waals surface area contributed by atoms with Gasteiger partial charge in [0.25, 0.3) is 0 Å². The first-order valence-corrected chi connectivity index (χ1v) is 5.92. The van der Waals surface area contributed by atoms with Crippen molar-refractivity contribution < 1.29 is 19.2 Å². The summed E-state index contributed by atoms with van der Waals surface area (Å²) in [5.41, 5.74) is 0. The van der Waals surface area contributed by atoms with Crippen LogP contribution < -0.4 is 4.90 Å². The molecule has 0 radical (unpaired) electrons. The van der Waals surface area contributed by atoms with E-state index >= 15 is 0 Å². The fraction of sp³-hybridized carbons (Fsp3) is 0.583. The number of anilines is 1. The maximum Gasteiger partial charge on any atom is 0.308 e. The van der Waals surface area contributed by atoms with E-state index in [1.807, 2.05) is 6.92 Å². The van der Waals surface area contributed by atoms with Crippen LogP contribution in [0.1, 0.15) is 32.4 Å². The fourth-order valence-corrected chi connectivity index (χ4v) is 1.50. The molecule has 100 valence electrons. The maximum atomic E-state index is 12.0. The summed E-state index contributed by atoms with van der Waals surface area (Å²) in [7, 11) is 0. The first kappa shape index (κ1) is 14.2. The molecule has 1 aromatic rings. The predicted octanol–water partition coefficient (Wildman–Crippen LogP) is 1.84. The van der Waals surface area contributed by atoms with Gasteiger partial charge in [0, 0.05) is 19.0 Å². The van der Waals surface area contributed by atoms with Crippen molar-refractivity contribution in [1.29, 1.82) is 0 Å². The molecule has 1 amide bonds. The number of hydrogen-bond acceptors (Lipinski definition) is 4. The number of aliphatic carboxylic acids is 1. The van der Waals surface area contributed by atoms with Gasteiger partial charge < -0.3 is 9.63 Å². The quantitative estimate of drug-likeness (QED) is 0.837. The Hall–Kier alpha value is -1.85. The Labute approximate surface area is 106 Å². The van der Waals surface area contributed by atoms with Crippen LogP contribution in [0.25, 0.3) is 0 Å². The third-order valence-electron chi connectivity index (χ3n) is 2.54. The molecule has 0 aliphatic heterocycles. The van der Waals surface area contributed by atoms with E-state index in [1.54, 1.807) is 19.9 Å². The number of aromatic nitrogens is 1. The van der Waals surface area contributed by atoms with Crippen molar-refractivity contribution in [2.45, 2.75) is 33.6 Å². The van der Waals surface area contributed by atoms with Crippen LogP contribution >= 0.6 is 0 Å². The van der Waals surface area contributed by atoms with Gasteiger partial charge in [-0.15, -0.1) is 0 Å². The summed E-state index contributed by atoms with van der Waals surface area (Å²) in [5, 5.41) is 12.7. The van der Waals surface area contributed by atoms with Crippen molar-refractivity contribution in [3.8, 4) is 0 Å². The molecule has 6 heteroatoms. The van der Waals surface area contributed by atoms with E-state index < -0.39 is 11.9 Å². The third kappa shape index (κ3) is 3.58. The second kappa shape index (κ2) is 6.18. The minimum absolute atomic E-state index is 0.0974. The Kier molecular flexibility index (Phi) is 4.88. The highest BCUT2D eigenvalue weighted by atomic mass is 16.5. The summed E-state index contributed by atoms with van der Waals surface area (Å²) in [6.45, 7) is 5.27. The Morgan fingerprint density at radius 3 is 2.67 bits per heavy atom. The van der Waals surface area contributed by atoms with Crippen LogP contribution in [0.5, 0.6) is 0 Å². The lowest BCUT2D eigenvalue weighted by molar-refractivity contribution is -0.140. The van der Waals surface area contributed by atoms with Crippen LogP contribution in [0.2, 0.25) is 0 Å². The molecule has 1 rings (SSSR count). The van der Waals surface area contributed by atoms with Crippen LogP contribution in [-0.2, 0) is 9.59 Å². The van der Waals surface area contributed by atoms with Gasteiger partial charge in [-0.05, 0) is 13.3 Å². The number of hydrogen-bond donors (Lipinski definition) is 1. The lowest BCUT2D eigenvalue weighted by Gasteiger charge is -2.21. The largest absolute Gasteiger partial charge is 0.481 e. The van der Waals surface area contributed by atoms with E-state index in [0.717, 1.165) is 0 Å². The Morgan fingerprint density at radius 2 is 2.22 bits per heavy atom. The number of rotatable bonds is 6. The van der Waals surface area contributed by atoms with Gasteiger partial charge >= 0.3 is 5.97 Å². The molecule has 0 spiro atoms. The highest BCUT2D eigenvalue weighted by Gasteiger charge is 2.23. The number of amides is 1. The van der Waals surface area contributed by atoms with Crippen molar-refractivity contribution in [1.82, 2.24) is 5.16 Å². The second-order valence-corrected chi connectivity index (χ2v) is 4.29. The van der Waals surface area contributed by atoms with Crippen LogP contribution in [0.15, 0.2) is 10.6 Å². The molecule has 1 unspecified atom stereocenters. The first-order chi connectivity index (χ1) is 8.45. The van der Waals surface area contributed by atoms with Crippen molar-refractivity contribution in [3.05, 3.63) is 11.8 Å². The normalized spacial score (nSPS) is 12.2. The average molecular weight is 254 g/mol. The molecule has 0 saturated carbocycles. The molecule has 6 nitrogen and oxygen atoms in total. The van der Waals surface area contributed by atoms with Gasteiger partial charge in [0.15, 0.2) is 5.82 Å².